The van der Waals surface area contributed by atoms with Crippen molar-refractivity contribution in [3.8, 4) is 32.5 Å². The Morgan fingerprint density at radius 2 is 1.66 bits per heavy atom. The average Bonchev–Trinajstić information content (AvgIpc) is 3.58. The van der Waals surface area contributed by atoms with E-state index in [1.54, 1.807) is 23.5 Å². The van der Waals surface area contributed by atoms with Gasteiger partial charge in [0.05, 0.1) is 38.4 Å². The Morgan fingerprint density at radius 1 is 0.878 bits per heavy atom. The van der Waals surface area contributed by atoms with Crippen LogP contribution in [0.4, 0.5) is 0 Å². The first-order valence-electron chi connectivity index (χ1n) is 13.8. The molecule has 0 amide bonds. The van der Waals surface area contributed by atoms with Gasteiger partial charge in [0.15, 0.2) is 0 Å². The fraction of sp³-hybridized carbons (Fsp3) is 0.212. The van der Waals surface area contributed by atoms with Gasteiger partial charge in [-0.25, -0.2) is 19.7 Å². The van der Waals surface area contributed by atoms with Gasteiger partial charge in [-0.2, -0.15) is 0 Å². The fourth-order valence-electron chi connectivity index (χ4n) is 5.89. The first-order chi connectivity index (χ1) is 19.9. The van der Waals surface area contributed by atoms with Gasteiger partial charge in [-0.3, -0.25) is 0 Å². The summed E-state index contributed by atoms with van der Waals surface area (Å²) in [5.41, 5.74) is 6.76. The minimum absolute atomic E-state index is 0.255. The van der Waals surface area contributed by atoms with Crippen LogP contribution in [0.3, 0.4) is 0 Å². The summed E-state index contributed by atoms with van der Waals surface area (Å²) in [6.45, 7) is 2.02. The molecule has 6 nitrogen and oxygen atoms in total. The summed E-state index contributed by atoms with van der Waals surface area (Å²) in [7, 11) is 0. The lowest BCUT2D eigenvalue weighted by molar-refractivity contribution is 0.0697. The Labute approximate surface area is 246 Å². The second-order valence-electron chi connectivity index (χ2n) is 10.7. The minimum Gasteiger partial charge on any atom is -0.478 e. The number of aryl methyl sites for hydroxylation is 1. The van der Waals surface area contributed by atoms with Crippen molar-refractivity contribution >= 4 is 50.8 Å². The molecule has 0 saturated heterocycles. The van der Waals surface area contributed by atoms with Crippen molar-refractivity contribution in [1.29, 1.82) is 0 Å². The molecule has 41 heavy (non-hydrogen) atoms. The molecule has 0 radical (unpaired) electrons. The summed E-state index contributed by atoms with van der Waals surface area (Å²) < 4.78 is 2.34. The molecule has 1 aliphatic rings. The van der Waals surface area contributed by atoms with Gasteiger partial charge in [0.25, 0.3) is 0 Å². The summed E-state index contributed by atoms with van der Waals surface area (Å²) in [6, 6.07) is 23.8. The molecule has 0 unspecified atom stereocenters. The van der Waals surface area contributed by atoms with E-state index < -0.39 is 5.97 Å². The zero-order chi connectivity index (χ0) is 28.1. The minimum atomic E-state index is -0.940. The molecule has 3 aromatic heterocycles. The number of hydrogen-bond donors (Lipinski definition) is 1. The Balaban J connectivity index is 1.29. The maximum absolute atomic E-state index is 11.6. The molecule has 0 atom stereocenters. The number of aromatic carboxylic acids is 1. The van der Waals surface area contributed by atoms with E-state index in [1.165, 1.54) is 19.3 Å². The Morgan fingerprint density at radius 3 is 2.44 bits per heavy atom. The van der Waals surface area contributed by atoms with Crippen LogP contribution in [0.1, 0.15) is 54.2 Å². The van der Waals surface area contributed by atoms with Gasteiger partial charge in [0.2, 0.25) is 0 Å². The number of carboxylic acids is 1. The van der Waals surface area contributed by atoms with E-state index in [2.05, 4.69) is 34.9 Å². The van der Waals surface area contributed by atoms with Crippen molar-refractivity contribution in [2.75, 3.05) is 0 Å². The fourth-order valence-corrected chi connectivity index (χ4v) is 7.05. The highest BCUT2D eigenvalue weighted by Crippen LogP contribution is 2.38. The Bertz CT molecular complexity index is 1940. The van der Waals surface area contributed by atoms with Crippen LogP contribution in [-0.2, 0) is 0 Å². The third kappa shape index (κ3) is 4.79. The maximum atomic E-state index is 11.6. The molecule has 1 aliphatic carbocycles. The number of carbonyl (C=O) groups is 1. The summed E-state index contributed by atoms with van der Waals surface area (Å²) in [5.74, 6) is -0.0592. The summed E-state index contributed by atoms with van der Waals surface area (Å²) in [6.07, 6.45) is 5.84. The van der Waals surface area contributed by atoms with E-state index in [0.717, 1.165) is 73.0 Å². The van der Waals surface area contributed by atoms with Crippen molar-refractivity contribution in [1.82, 2.24) is 19.5 Å². The molecule has 6 aromatic rings. The van der Waals surface area contributed by atoms with E-state index >= 15 is 0 Å². The van der Waals surface area contributed by atoms with Gasteiger partial charge < -0.3 is 9.67 Å². The Hall–Kier alpha value is -4.07. The van der Waals surface area contributed by atoms with Gasteiger partial charge in [-0.15, -0.1) is 11.3 Å². The van der Waals surface area contributed by atoms with Gasteiger partial charge >= 0.3 is 5.97 Å². The van der Waals surface area contributed by atoms with E-state index in [0.29, 0.717) is 11.1 Å². The molecule has 1 saturated carbocycles. The molecule has 3 aromatic carbocycles. The number of carboxylic acid groups (broad SMARTS) is 1. The van der Waals surface area contributed by atoms with Crippen LogP contribution in [0.25, 0.3) is 54.5 Å². The van der Waals surface area contributed by atoms with Crippen LogP contribution in [0.15, 0.2) is 72.8 Å². The van der Waals surface area contributed by atoms with Gasteiger partial charge in [-0.05, 0) is 74.4 Å². The molecule has 0 bridgehead atoms. The van der Waals surface area contributed by atoms with Crippen molar-refractivity contribution in [3.63, 3.8) is 0 Å². The number of rotatable bonds is 5. The number of nitrogens with zero attached hydrogens (tertiary/aromatic N) is 4. The molecule has 7 rings (SSSR count). The monoisotopic (exact) mass is 578 g/mol. The zero-order valence-electron chi connectivity index (χ0n) is 22.5. The molecule has 1 N–H and O–H groups in total. The summed E-state index contributed by atoms with van der Waals surface area (Å²) in [5, 5.41) is 12.2. The van der Waals surface area contributed by atoms with Gasteiger partial charge in [0, 0.05) is 27.6 Å². The van der Waals surface area contributed by atoms with Crippen molar-refractivity contribution < 1.29 is 9.90 Å². The second kappa shape index (κ2) is 10.4. The normalized spacial score (nSPS) is 14.2. The second-order valence-corrected chi connectivity index (χ2v) is 12.1. The predicted molar refractivity (Wildman–Crippen MR) is 166 cm³/mol. The van der Waals surface area contributed by atoms with Crippen LogP contribution in [0, 0.1) is 6.92 Å². The number of thiazole rings is 1. The zero-order valence-corrected chi connectivity index (χ0v) is 24.0. The van der Waals surface area contributed by atoms with Crippen molar-refractivity contribution in [2.45, 2.75) is 45.1 Å². The van der Waals surface area contributed by atoms with Crippen LogP contribution >= 0.6 is 22.9 Å². The van der Waals surface area contributed by atoms with E-state index in [4.69, 9.17) is 26.6 Å². The summed E-state index contributed by atoms with van der Waals surface area (Å²) >= 11 is 7.70. The van der Waals surface area contributed by atoms with Crippen LogP contribution in [0.2, 0.25) is 5.02 Å². The number of hydrogen-bond acceptors (Lipinski definition) is 5. The van der Waals surface area contributed by atoms with E-state index in [1.807, 2.05) is 37.3 Å². The quantitative estimate of drug-likeness (QED) is 0.220. The first kappa shape index (κ1) is 25.9. The highest BCUT2D eigenvalue weighted by atomic mass is 35.5. The van der Waals surface area contributed by atoms with E-state index in [-0.39, 0.29) is 5.56 Å². The van der Waals surface area contributed by atoms with E-state index in [9.17, 15) is 9.90 Å². The molecule has 1 fully saturated rings. The number of imidazole rings is 1. The smallest absolute Gasteiger partial charge is 0.335 e. The van der Waals surface area contributed by atoms with Crippen LogP contribution in [0.5, 0.6) is 0 Å². The molecular formula is C33H27ClN4O2S. The van der Waals surface area contributed by atoms with Crippen LogP contribution < -0.4 is 0 Å². The standard InChI is InChI=1S/C33H27ClN4O2S/c1-19-30(41-32(35-19)20-7-12-24(34)13-8-20)27-15-9-21-17-22(10-14-26(21)36-27)31-37-28-18-23(33(39)40)11-16-29(28)38(31)25-5-3-2-4-6-25/h7-18,25H,2-6H2,1H3,(H,39,40). The average molecular weight is 579 g/mol. The number of pyridine rings is 1. The lowest BCUT2D eigenvalue weighted by Gasteiger charge is -2.25. The predicted octanol–water partition coefficient (Wildman–Crippen LogP) is 9.21. The van der Waals surface area contributed by atoms with Gasteiger partial charge in [-0.1, -0.05) is 49.1 Å². The lowest BCUT2D eigenvalue weighted by Crippen LogP contribution is -2.14. The number of aromatic nitrogens is 4. The SMILES string of the molecule is Cc1nc(-c2ccc(Cl)cc2)sc1-c1ccc2cc(-c3nc4cc(C(=O)O)ccc4n3C3CCCCC3)ccc2n1. The third-order valence-corrected chi connectivity index (χ3v) is 9.43. The van der Waals surface area contributed by atoms with Gasteiger partial charge in [0.1, 0.15) is 10.8 Å². The van der Waals surface area contributed by atoms with Crippen molar-refractivity contribution in [2.24, 2.45) is 0 Å². The highest BCUT2D eigenvalue weighted by molar-refractivity contribution is 7.18. The number of fused-ring (bicyclic) bond motifs is 2. The number of halogens is 1. The topological polar surface area (TPSA) is 80.9 Å². The lowest BCUT2D eigenvalue weighted by atomic mass is 9.94. The molecule has 0 spiro atoms. The molecule has 3 heterocycles. The highest BCUT2D eigenvalue weighted by Gasteiger charge is 2.23. The van der Waals surface area contributed by atoms with Crippen LogP contribution in [-0.4, -0.2) is 30.6 Å². The first-order valence-corrected chi connectivity index (χ1v) is 15.0. The largest absolute Gasteiger partial charge is 0.478 e. The maximum Gasteiger partial charge on any atom is 0.335 e. The number of benzene rings is 3. The third-order valence-electron chi connectivity index (χ3n) is 7.94. The van der Waals surface area contributed by atoms with Crippen molar-refractivity contribution in [3.05, 3.63) is 89.1 Å². The molecular weight excluding hydrogens is 552 g/mol. The molecule has 0 aliphatic heterocycles. The summed E-state index contributed by atoms with van der Waals surface area (Å²) in [4.78, 5) is 27.5. The Kier molecular flexibility index (Phi) is 6.56. The molecule has 8 heteroatoms. The molecule has 204 valence electrons.